The van der Waals surface area contributed by atoms with E-state index in [9.17, 15) is 14.9 Å². The van der Waals surface area contributed by atoms with Crippen LogP contribution in [-0.4, -0.2) is 17.4 Å². The van der Waals surface area contributed by atoms with Crippen LogP contribution in [0.15, 0.2) is 55.1 Å². The molecule has 0 atom stereocenters. The molecule has 0 saturated carbocycles. The highest BCUT2D eigenvalue weighted by Gasteiger charge is 2.16. The van der Waals surface area contributed by atoms with E-state index in [-0.39, 0.29) is 16.3 Å². The molecule has 0 heterocycles. The first-order valence-electron chi connectivity index (χ1n) is 6.60. The molecular weight excluding hydrogens is 320 g/mol. The van der Waals surface area contributed by atoms with Crippen LogP contribution in [0.4, 0.5) is 11.4 Å². The van der Waals surface area contributed by atoms with Gasteiger partial charge in [0.05, 0.1) is 15.5 Å². The summed E-state index contributed by atoms with van der Waals surface area (Å²) in [5.74, 6) is 0.0207. The average molecular weight is 333 g/mol. The van der Waals surface area contributed by atoms with E-state index < -0.39 is 10.8 Å². The van der Waals surface area contributed by atoms with Crippen LogP contribution in [0.2, 0.25) is 5.02 Å². The van der Waals surface area contributed by atoms with Crippen molar-refractivity contribution < 1.29 is 14.5 Å². The molecule has 1 amide bonds. The molecule has 2 aromatic rings. The van der Waals surface area contributed by atoms with Crippen molar-refractivity contribution >= 4 is 28.9 Å². The lowest BCUT2D eigenvalue weighted by atomic mass is 10.2. The zero-order valence-electron chi connectivity index (χ0n) is 12.0. The molecule has 0 spiro atoms. The van der Waals surface area contributed by atoms with Gasteiger partial charge in [-0.25, -0.2) is 0 Å². The number of benzene rings is 2. The minimum atomic E-state index is -0.586. The Morgan fingerprint density at radius 3 is 2.83 bits per heavy atom. The van der Waals surface area contributed by atoms with Crippen molar-refractivity contribution in [2.24, 2.45) is 0 Å². The fraction of sp³-hybridized carbons (Fsp3) is 0.0625. The molecule has 0 aliphatic carbocycles. The number of nitrogens with one attached hydrogen (secondary N) is 1. The van der Waals surface area contributed by atoms with E-state index in [0.717, 1.165) is 6.07 Å². The largest absolute Gasteiger partial charge is 0.489 e. The average Bonchev–Trinajstić information content (AvgIpc) is 2.53. The number of nitrogens with zero attached hydrogens (tertiary/aromatic N) is 1. The molecule has 6 nitrogen and oxygen atoms in total. The first kappa shape index (κ1) is 16.5. The van der Waals surface area contributed by atoms with Crippen LogP contribution in [0.1, 0.15) is 10.4 Å². The summed E-state index contributed by atoms with van der Waals surface area (Å²) in [6.07, 6.45) is 1.61. The SMILES string of the molecule is C=CCOc1cccc(NC(=O)c2cc([N+](=O)[O-])ccc2Cl)c1. The highest BCUT2D eigenvalue weighted by Crippen LogP contribution is 2.24. The lowest BCUT2D eigenvalue weighted by Crippen LogP contribution is -2.13. The summed E-state index contributed by atoms with van der Waals surface area (Å²) < 4.78 is 5.37. The third-order valence-electron chi connectivity index (χ3n) is 2.87. The summed E-state index contributed by atoms with van der Waals surface area (Å²) in [7, 11) is 0. The van der Waals surface area contributed by atoms with E-state index in [4.69, 9.17) is 16.3 Å². The second kappa shape index (κ2) is 7.42. The number of non-ortho nitro benzene ring substituents is 1. The number of nitro benzene ring substituents is 1. The third kappa shape index (κ3) is 4.31. The zero-order valence-corrected chi connectivity index (χ0v) is 12.7. The van der Waals surface area contributed by atoms with Crippen LogP contribution in [0, 0.1) is 10.1 Å². The Morgan fingerprint density at radius 1 is 1.35 bits per heavy atom. The summed E-state index contributed by atoms with van der Waals surface area (Å²) in [5, 5.41) is 13.6. The molecule has 0 saturated heterocycles. The standard InChI is InChI=1S/C16H13ClN2O4/c1-2-8-23-13-5-3-4-11(9-13)18-16(20)14-10-12(19(21)22)6-7-15(14)17/h2-7,9-10H,1,8H2,(H,18,20). The zero-order chi connectivity index (χ0) is 16.8. The van der Waals surface area contributed by atoms with Gasteiger partial charge in [-0.05, 0) is 18.2 Å². The number of nitro groups is 1. The Kier molecular flexibility index (Phi) is 5.32. The number of rotatable bonds is 6. The number of carbonyl (C=O) groups excluding carboxylic acids is 1. The molecule has 7 heteroatoms. The molecule has 0 aromatic heterocycles. The van der Waals surface area contributed by atoms with Crippen molar-refractivity contribution in [3.63, 3.8) is 0 Å². The maximum atomic E-state index is 12.3. The molecule has 0 aliphatic rings. The Labute approximate surface area is 137 Å². The predicted octanol–water partition coefficient (Wildman–Crippen LogP) is 4.07. The summed E-state index contributed by atoms with van der Waals surface area (Å²) in [6, 6.07) is 10.4. The van der Waals surface area contributed by atoms with Crippen molar-refractivity contribution in [3.05, 3.63) is 75.8 Å². The highest BCUT2D eigenvalue weighted by atomic mass is 35.5. The molecule has 0 unspecified atom stereocenters. The number of carbonyl (C=O) groups is 1. The number of hydrogen-bond donors (Lipinski definition) is 1. The fourth-order valence-corrected chi connectivity index (χ4v) is 2.02. The van der Waals surface area contributed by atoms with Gasteiger partial charge in [-0.2, -0.15) is 0 Å². The van der Waals surface area contributed by atoms with Gasteiger partial charge in [0, 0.05) is 23.9 Å². The second-order valence-electron chi connectivity index (χ2n) is 4.50. The molecule has 0 radical (unpaired) electrons. The highest BCUT2D eigenvalue weighted by molar-refractivity contribution is 6.34. The van der Waals surface area contributed by atoms with Gasteiger partial charge in [-0.3, -0.25) is 14.9 Å². The van der Waals surface area contributed by atoms with Gasteiger partial charge < -0.3 is 10.1 Å². The topological polar surface area (TPSA) is 81.5 Å². The summed E-state index contributed by atoms with van der Waals surface area (Å²) in [5.41, 5.74) is 0.306. The van der Waals surface area contributed by atoms with Crippen molar-refractivity contribution in [1.29, 1.82) is 0 Å². The molecule has 118 valence electrons. The van der Waals surface area contributed by atoms with Gasteiger partial charge >= 0.3 is 0 Å². The van der Waals surface area contributed by atoms with Crippen molar-refractivity contribution in [1.82, 2.24) is 0 Å². The molecule has 1 N–H and O–H groups in total. The number of amides is 1. The van der Waals surface area contributed by atoms with Crippen LogP contribution >= 0.6 is 11.6 Å². The third-order valence-corrected chi connectivity index (χ3v) is 3.19. The van der Waals surface area contributed by atoms with Gasteiger partial charge in [0.25, 0.3) is 11.6 Å². The van der Waals surface area contributed by atoms with E-state index >= 15 is 0 Å². The Hall–Kier alpha value is -2.86. The van der Waals surface area contributed by atoms with Gasteiger partial charge in [0.15, 0.2) is 0 Å². The first-order chi connectivity index (χ1) is 11.0. The van der Waals surface area contributed by atoms with E-state index in [0.29, 0.717) is 18.0 Å². The summed E-state index contributed by atoms with van der Waals surface area (Å²) in [6.45, 7) is 3.90. The van der Waals surface area contributed by atoms with Crippen LogP contribution in [0.5, 0.6) is 5.75 Å². The normalized spacial score (nSPS) is 9.96. The van der Waals surface area contributed by atoms with Crippen molar-refractivity contribution in [3.8, 4) is 5.75 Å². The van der Waals surface area contributed by atoms with Gasteiger partial charge in [0.2, 0.25) is 0 Å². The number of anilines is 1. The molecule has 2 aromatic carbocycles. The van der Waals surface area contributed by atoms with Crippen LogP contribution in [0.3, 0.4) is 0 Å². The van der Waals surface area contributed by atoms with E-state index in [2.05, 4.69) is 11.9 Å². The minimum Gasteiger partial charge on any atom is -0.489 e. The monoisotopic (exact) mass is 332 g/mol. The maximum Gasteiger partial charge on any atom is 0.270 e. The first-order valence-corrected chi connectivity index (χ1v) is 6.98. The molecular formula is C16H13ClN2O4. The quantitative estimate of drug-likeness (QED) is 0.491. The molecule has 23 heavy (non-hydrogen) atoms. The van der Waals surface area contributed by atoms with Crippen molar-refractivity contribution in [2.75, 3.05) is 11.9 Å². The lowest BCUT2D eigenvalue weighted by molar-refractivity contribution is -0.384. The van der Waals surface area contributed by atoms with Gasteiger partial charge in [0.1, 0.15) is 12.4 Å². The van der Waals surface area contributed by atoms with Crippen molar-refractivity contribution in [2.45, 2.75) is 0 Å². The van der Waals surface area contributed by atoms with Gasteiger partial charge in [-0.15, -0.1) is 0 Å². The van der Waals surface area contributed by atoms with E-state index in [1.165, 1.54) is 12.1 Å². The fourth-order valence-electron chi connectivity index (χ4n) is 1.82. The number of ether oxygens (including phenoxy) is 1. The second-order valence-corrected chi connectivity index (χ2v) is 4.91. The Morgan fingerprint density at radius 2 is 2.13 bits per heavy atom. The maximum absolute atomic E-state index is 12.3. The van der Waals surface area contributed by atoms with E-state index in [1.54, 1.807) is 30.3 Å². The predicted molar refractivity (Wildman–Crippen MR) is 88.2 cm³/mol. The van der Waals surface area contributed by atoms with E-state index in [1.807, 2.05) is 0 Å². The summed E-state index contributed by atoms with van der Waals surface area (Å²) in [4.78, 5) is 22.5. The minimum absolute atomic E-state index is 0.0262. The molecule has 0 fully saturated rings. The van der Waals surface area contributed by atoms with Crippen LogP contribution in [-0.2, 0) is 0 Å². The van der Waals surface area contributed by atoms with Crippen LogP contribution < -0.4 is 10.1 Å². The van der Waals surface area contributed by atoms with Gasteiger partial charge in [-0.1, -0.05) is 30.3 Å². The lowest BCUT2D eigenvalue weighted by Gasteiger charge is -2.09. The number of halogens is 1. The molecule has 0 aliphatic heterocycles. The molecule has 2 rings (SSSR count). The molecule has 0 bridgehead atoms. The van der Waals surface area contributed by atoms with Crippen LogP contribution in [0.25, 0.3) is 0 Å². The number of hydrogen-bond acceptors (Lipinski definition) is 4. The Bertz CT molecular complexity index is 761. The smallest absolute Gasteiger partial charge is 0.270 e. The Balaban J connectivity index is 2.20. The summed E-state index contributed by atoms with van der Waals surface area (Å²) >= 11 is 5.94.